The van der Waals surface area contributed by atoms with Gasteiger partial charge in [0, 0.05) is 5.92 Å². The lowest BCUT2D eigenvalue weighted by Crippen LogP contribution is -2.11. The third-order valence-electron chi connectivity index (χ3n) is 3.36. The first kappa shape index (κ1) is 10.4. The summed E-state index contributed by atoms with van der Waals surface area (Å²) in [5, 5.41) is 0. The van der Waals surface area contributed by atoms with Gasteiger partial charge in [0.2, 0.25) is 0 Å². The average molecular weight is 224 g/mol. The fourth-order valence-electron chi connectivity index (χ4n) is 2.50. The Bertz CT molecular complexity index is 465. The first-order chi connectivity index (χ1) is 8.42. The maximum Gasteiger partial charge on any atom is 0.119 e. The quantitative estimate of drug-likeness (QED) is 0.775. The van der Waals surface area contributed by atoms with Crippen molar-refractivity contribution in [1.82, 2.24) is 0 Å². The van der Waals surface area contributed by atoms with Gasteiger partial charge < -0.3 is 4.74 Å². The lowest BCUT2D eigenvalue weighted by molar-refractivity contribution is 0.254. The van der Waals surface area contributed by atoms with Crippen LogP contribution in [0.2, 0.25) is 0 Å². The van der Waals surface area contributed by atoms with Crippen molar-refractivity contribution in [3.05, 3.63) is 65.7 Å². The lowest BCUT2D eigenvalue weighted by Gasteiger charge is -2.11. The smallest absolute Gasteiger partial charge is 0.119 e. The summed E-state index contributed by atoms with van der Waals surface area (Å²) in [6, 6.07) is 18.8. The molecule has 2 aromatic carbocycles. The van der Waals surface area contributed by atoms with E-state index < -0.39 is 0 Å². The predicted molar refractivity (Wildman–Crippen MR) is 69.3 cm³/mol. The minimum Gasteiger partial charge on any atom is -0.493 e. The molecule has 17 heavy (non-hydrogen) atoms. The Labute approximate surface area is 102 Å². The van der Waals surface area contributed by atoms with E-state index >= 15 is 0 Å². The molecule has 0 fully saturated rings. The van der Waals surface area contributed by atoms with E-state index in [2.05, 4.69) is 24.3 Å². The van der Waals surface area contributed by atoms with E-state index in [1.807, 2.05) is 30.3 Å². The van der Waals surface area contributed by atoms with Crippen LogP contribution in [0.3, 0.4) is 0 Å². The molecule has 0 saturated heterocycles. The summed E-state index contributed by atoms with van der Waals surface area (Å²) >= 11 is 0. The standard InChI is InChI=1S/C16H16O/c1-2-8-16(9-3-1)17-12-13-10-14-6-4-5-7-15(14)11-13/h1-9,13H,10-12H2. The van der Waals surface area contributed by atoms with Gasteiger partial charge in [-0.3, -0.25) is 0 Å². The Morgan fingerprint density at radius 2 is 1.41 bits per heavy atom. The topological polar surface area (TPSA) is 9.23 Å². The third-order valence-corrected chi connectivity index (χ3v) is 3.36. The zero-order valence-electron chi connectivity index (χ0n) is 9.80. The minimum atomic E-state index is 0.632. The molecule has 1 nitrogen and oxygen atoms in total. The van der Waals surface area contributed by atoms with Crippen LogP contribution in [0.1, 0.15) is 11.1 Å². The SMILES string of the molecule is c1ccc(OCC2Cc3ccccc3C2)cc1. The van der Waals surface area contributed by atoms with Gasteiger partial charge in [0.1, 0.15) is 5.75 Å². The molecule has 0 spiro atoms. The van der Waals surface area contributed by atoms with Gasteiger partial charge in [-0.2, -0.15) is 0 Å². The van der Waals surface area contributed by atoms with Crippen molar-refractivity contribution in [3.63, 3.8) is 0 Å². The molecule has 2 aromatic rings. The van der Waals surface area contributed by atoms with Crippen LogP contribution in [0.25, 0.3) is 0 Å². The van der Waals surface area contributed by atoms with Crippen molar-refractivity contribution in [2.24, 2.45) is 5.92 Å². The molecule has 0 amide bonds. The highest BCUT2D eigenvalue weighted by Crippen LogP contribution is 2.26. The summed E-state index contributed by atoms with van der Waals surface area (Å²) in [7, 11) is 0. The van der Waals surface area contributed by atoms with Crippen LogP contribution in [0, 0.1) is 5.92 Å². The van der Waals surface area contributed by atoms with Crippen molar-refractivity contribution in [1.29, 1.82) is 0 Å². The van der Waals surface area contributed by atoms with Crippen molar-refractivity contribution in [2.75, 3.05) is 6.61 Å². The van der Waals surface area contributed by atoms with Gasteiger partial charge in [0.25, 0.3) is 0 Å². The molecule has 3 rings (SSSR count). The summed E-state index contributed by atoms with van der Waals surface area (Å²) in [4.78, 5) is 0. The molecule has 1 aliphatic carbocycles. The number of ether oxygens (including phenoxy) is 1. The fraction of sp³-hybridized carbons (Fsp3) is 0.250. The first-order valence-electron chi connectivity index (χ1n) is 6.16. The van der Waals surface area contributed by atoms with E-state index in [0.717, 1.165) is 25.2 Å². The molecule has 1 aliphatic rings. The third kappa shape index (κ3) is 2.33. The van der Waals surface area contributed by atoms with Crippen molar-refractivity contribution >= 4 is 0 Å². The molecule has 0 bridgehead atoms. The summed E-state index contributed by atoms with van der Waals surface area (Å²) in [6.07, 6.45) is 2.31. The number of rotatable bonds is 3. The summed E-state index contributed by atoms with van der Waals surface area (Å²) < 4.78 is 5.82. The molecule has 0 aromatic heterocycles. The molecule has 0 atom stereocenters. The number of fused-ring (bicyclic) bond motifs is 1. The zero-order chi connectivity index (χ0) is 11.5. The van der Waals surface area contributed by atoms with Gasteiger partial charge in [0.15, 0.2) is 0 Å². The highest BCUT2D eigenvalue weighted by Gasteiger charge is 2.21. The summed E-state index contributed by atoms with van der Waals surface area (Å²) in [6.45, 7) is 0.818. The van der Waals surface area contributed by atoms with E-state index in [4.69, 9.17) is 4.74 Å². The Balaban J connectivity index is 1.59. The van der Waals surface area contributed by atoms with Crippen molar-refractivity contribution in [2.45, 2.75) is 12.8 Å². The van der Waals surface area contributed by atoms with Crippen LogP contribution in [0.5, 0.6) is 5.75 Å². The number of benzene rings is 2. The maximum atomic E-state index is 5.82. The monoisotopic (exact) mass is 224 g/mol. The van der Waals surface area contributed by atoms with Gasteiger partial charge >= 0.3 is 0 Å². The molecule has 0 unspecified atom stereocenters. The number of para-hydroxylation sites is 1. The lowest BCUT2D eigenvalue weighted by atomic mass is 10.1. The second-order valence-corrected chi connectivity index (χ2v) is 4.67. The van der Waals surface area contributed by atoms with Crippen LogP contribution in [0.15, 0.2) is 54.6 Å². The molecule has 0 heterocycles. The van der Waals surface area contributed by atoms with Crippen LogP contribution in [-0.2, 0) is 12.8 Å². The van der Waals surface area contributed by atoms with Gasteiger partial charge in [-0.15, -0.1) is 0 Å². The largest absolute Gasteiger partial charge is 0.493 e. The van der Waals surface area contributed by atoms with E-state index in [9.17, 15) is 0 Å². The Kier molecular flexibility index (Phi) is 2.83. The highest BCUT2D eigenvalue weighted by molar-refractivity contribution is 5.32. The molecule has 86 valence electrons. The van der Waals surface area contributed by atoms with Gasteiger partial charge in [-0.05, 0) is 36.1 Å². The molecule has 0 N–H and O–H groups in total. The predicted octanol–water partition coefficient (Wildman–Crippen LogP) is 3.48. The summed E-state index contributed by atoms with van der Waals surface area (Å²) in [5.41, 5.74) is 2.99. The van der Waals surface area contributed by atoms with Crippen LogP contribution in [-0.4, -0.2) is 6.61 Å². The molecule has 1 heteroatoms. The summed E-state index contributed by atoms with van der Waals surface area (Å²) in [5.74, 6) is 1.61. The van der Waals surface area contributed by atoms with Crippen molar-refractivity contribution in [3.8, 4) is 5.75 Å². The number of hydrogen-bond acceptors (Lipinski definition) is 1. The van der Waals surface area contributed by atoms with Crippen LogP contribution >= 0.6 is 0 Å². The van der Waals surface area contributed by atoms with Gasteiger partial charge in [0.05, 0.1) is 6.61 Å². The maximum absolute atomic E-state index is 5.82. The molecular formula is C16H16O. The Morgan fingerprint density at radius 3 is 2.06 bits per heavy atom. The van der Waals surface area contributed by atoms with Crippen LogP contribution < -0.4 is 4.74 Å². The highest BCUT2D eigenvalue weighted by atomic mass is 16.5. The molecule has 0 aliphatic heterocycles. The fourth-order valence-corrected chi connectivity index (χ4v) is 2.50. The average Bonchev–Trinajstić information content (AvgIpc) is 2.80. The van der Waals surface area contributed by atoms with E-state index in [1.165, 1.54) is 11.1 Å². The van der Waals surface area contributed by atoms with E-state index in [-0.39, 0.29) is 0 Å². The van der Waals surface area contributed by atoms with Crippen molar-refractivity contribution < 1.29 is 4.74 Å². The Morgan fingerprint density at radius 1 is 0.824 bits per heavy atom. The normalized spacial score (nSPS) is 14.6. The molecular weight excluding hydrogens is 208 g/mol. The molecule has 0 radical (unpaired) electrons. The van der Waals surface area contributed by atoms with Gasteiger partial charge in [-0.25, -0.2) is 0 Å². The second kappa shape index (κ2) is 4.62. The zero-order valence-corrected chi connectivity index (χ0v) is 9.80. The molecule has 0 saturated carbocycles. The number of hydrogen-bond donors (Lipinski definition) is 0. The van der Waals surface area contributed by atoms with E-state index in [1.54, 1.807) is 0 Å². The van der Waals surface area contributed by atoms with Gasteiger partial charge in [-0.1, -0.05) is 42.5 Å². The second-order valence-electron chi connectivity index (χ2n) is 4.67. The van der Waals surface area contributed by atoms with E-state index in [0.29, 0.717) is 5.92 Å². The Hall–Kier alpha value is -1.76. The minimum absolute atomic E-state index is 0.632. The first-order valence-corrected chi connectivity index (χ1v) is 6.16. The van der Waals surface area contributed by atoms with Crippen LogP contribution in [0.4, 0.5) is 0 Å².